The van der Waals surface area contributed by atoms with Crippen LogP contribution in [0.5, 0.6) is 0 Å². The molecule has 1 N–H and O–H groups in total. The van der Waals surface area contributed by atoms with E-state index in [1.165, 1.54) is 28.9 Å². The van der Waals surface area contributed by atoms with Crippen molar-refractivity contribution < 1.29 is 8.78 Å². The lowest BCUT2D eigenvalue weighted by atomic mass is 10.1. The molecule has 0 amide bonds. The van der Waals surface area contributed by atoms with E-state index in [9.17, 15) is 8.78 Å². The molecule has 2 aromatic carbocycles. The number of nitrogens with one attached hydrogen (secondary N) is 1. The molecule has 0 aliphatic rings. The number of halogens is 2. The average Bonchev–Trinajstić information content (AvgIpc) is 3.15. The Hall–Kier alpha value is -4.38. The van der Waals surface area contributed by atoms with E-state index in [1.807, 2.05) is 0 Å². The molecule has 4 rings (SSSR count). The van der Waals surface area contributed by atoms with E-state index in [0.717, 1.165) is 11.1 Å². The van der Waals surface area contributed by atoms with Gasteiger partial charge >= 0.3 is 0 Å². The van der Waals surface area contributed by atoms with Gasteiger partial charge in [-0.3, -0.25) is 10.1 Å². The smallest absolute Gasteiger partial charge is 0.146 e. The number of aryl methyl sites for hydroxylation is 1. The van der Waals surface area contributed by atoms with Crippen LogP contribution in [0.2, 0.25) is 0 Å². The van der Waals surface area contributed by atoms with E-state index in [4.69, 9.17) is 10.7 Å². The zero-order chi connectivity index (χ0) is 22.0. The highest BCUT2D eigenvalue weighted by atomic mass is 19.1. The van der Waals surface area contributed by atoms with Gasteiger partial charge in [-0.1, -0.05) is 6.07 Å². The summed E-state index contributed by atoms with van der Waals surface area (Å²) in [6.45, 7) is 0. The molecule has 8 heteroatoms. The Bertz CT molecular complexity index is 1390. The van der Waals surface area contributed by atoms with Crippen LogP contribution in [0.3, 0.4) is 0 Å². The van der Waals surface area contributed by atoms with Gasteiger partial charge in [0.25, 0.3) is 0 Å². The van der Waals surface area contributed by atoms with Crippen molar-refractivity contribution in [3.05, 3.63) is 89.0 Å². The quantitative estimate of drug-likeness (QED) is 0.543. The Morgan fingerprint density at radius 2 is 1.81 bits per heavy atom. The molecule has 0 saturated carbocycles. The van der Waals surface area contributed by atoms with Crippen LogP contribution in [-0.2, 0) is 7.05 Å². The van der Waals surface area contributed by atoms with Crippen molar-refractivity contribution in [3.63, 3.8) is 0 Å². The van der Waals surface area contributed by atoms with Gasteiger partial charge < -0.3 is 0 Å². The normalized spacial score (nSPS) is 11.0. The van der Waals surface area contributed by atoms with Crippen molar-refractivity contribution in [2.75, 3.05) is 0 Å². The fourth-order valence-electron chi connectivity index (χ4n) is 3.07. The second-order valence-electron chi connectivity index (χ2n) is 6.79. The molecule has 0 saturated heterocycles. The highest BCUT2D eigenvalue weighted by Gasteiger charge is 2.14. The fourth-order valence-corrected chi connectivity index (χ4v) is 3.07. The van der Waals surface area contributed by atoms with Crippen molar-refractivity contribution in [3.8, 4) is 28.6 Å². The first-order chi connectivity index (χ1) is 14.9. The average molecular weight is 414 g/mol. The first-order valence-electron chi connectivity index (χ1n) is 9.27. The van der Waals surface area contributed by atoms with Crippen LogP contribution in [0, 0.1) is 28.4 Å². The molecular formula is C23H16F2N6. The second-order valence-corrected chi connectivity index (χ2v) is 6.79. The summed E-state index contributed by atoms with van der Waals surface area (Å²) in [6, 6.07) is 15.4. The maximum absolute atomic E-state index is 13.8. The van der Waals surface area contributed by atoms with E-state index < -0.39 is 5.82 Å². The van der Waals surface area contributed by atoms with Crippen LogP contribution in [0.15, 0.2) is 60.8 Å². The van der Waals surface area contributed by atoms with Gasteiger partial charge in [0.05, 0.1) is 11.3 Å². The number of hydrogen-bond acceptors (Lipinski definition) is 4. The number of rotatable bonds is 4. The molecule has 0 fully saturated rings. The maximum Gasteiger partial charge on any atom is 0.146 e. The minimum atomic E-state index is -0.609. The number of nitriles is 1. The van der Waals surface area contributed by atoms with Crippen molar-refractivity contribution >= 4 is 12.3 Å². The molecule has 152 valence electrons. The Balaban J connectivity index is 1.72. The van der Waals surface area contributed by atoms with E-state index in [1.54, 1.807) is 66.6 Å². The van der Waals surface area contributed by atoms with Crippen LogP contribution in [0.4, 0.5) is 8.78 Å². The summed E-state index contributed by atoms with van der Waals surface area (Å²) in [5, 5.41) is 25.9. The fraction of sp³-hybridized carbons (Fsp3) is 0.0435. The van der Waals surface area contributed by atoms with Gasteiger partial charge in [-0.05, 0) is 60.2 Å². The Labute approximate surface area is 176 Å². The Kier molecular flexibility index (Phi) is 5.24. The first kappa shape index (κ1) is 19.9. The molecular weight excluding hydrogens is 398 g/mol. The minimum absolute atomic E-state index is 0.0315. The summed E-state index contributed by atoms with van der Waals surface area (Å²) in [4.78, 5) is 0. The molecule has 4 aromatic rings. The molecule has 0 aliphatic carbocycles. The largest absolute Gasteiger partial charge is 0.283 e. The van der Waals surface area contributed by atoms with Gasteiger partial charge in [-0.15, -0.1) is 0 Å². The molecule has 2 aromatic heterocycles. The lowest BCUT2D eigenvalue weighted by Crippen LogP contribution is -2.17. The summed E-state index contributed by atoms with van der Waals surface area (Å²) in [7, 11) is 1.78. The predicted octanol–water partition coefficient (Wildman–Crippen LogP) is 4.21. The summed E-state index contributed by atoms with van der Waals surface area (Å²) in [6.07, 6.45) is 4.94. The third-order valence-electron chi connectivity index (χ3n) is 4.61. The lowest BCUT2D eigenvalue weighted by Gasteiger charge is -2.05. The predicted molar refractivity (Wildman–Crippen MR) is 112 cm³/mol. The molecule has 0 radical (unpaired) electrons. The van der Waals surface area contributed by atoms with Gasteiger partial charge in [-0.25, -0.2) is 13.5 Å². The van der Waals surface area contributed by atoms with E-state index >= 15 is 0 Å². The molecule has 6 nitrogen and oxygen atoms in total. The highest BCUT2D eigenvalue weighted by Crippen LogP contribution is 2.29. The molecule has 0 bridgehead atoms. The van der Waals surface area contributed by atoms with Crippen molar-refractivity contribution in [2.45, 2.75) is 0 Å². The molecule has 0 atom stereocenters. The number of hydrogen-bond donors (Lipinski definition) is 1. The van der Waals surface area contributed by atoms with Crippen molar-refractivity contribution in [1.82, 2.24) is 19.6 Å². The van der Waals surface area contributed by atoms with E-state index in [0.29, 0.717) is 17.0 Å². The minimum Gasteiger partial charge on any atom is -0.283 e. The lowest BCUT2D eigenvalue weighted by molar-refractivity contribution is 0.623. The monoisotopic (exact) mass is 414 g/mol. The van der Waals surface area contributed by atoms with Crippen molar-refractivity contribution in [2.24, 2.45) is 7.05 Å². The third-order valence-corrected chi connectivity index (χ3v) is 4.61. The summed E-state index contributed by atoms with van der Waals surface area (Å²) in [5.74, 6) is -0.943. The molecule has 2 heterocycles. The zero-order valence-electron chi connectivity index (χ0n) is 16.4. The van der Waals surface area contributed by atoms with Crippen LogP contribution in [0.25, 0.3) is 34.8 Å². The maximum atomic E-state index is 13.8. The summed E-state index contributed by atoms with van der Waals surface area (Å²) in [5.41, 5.74) is 3.29. The Morgan fingerprint density at radius 3 is 2.52 bits per heavy atom. The number of aromatic nitrogens is 4. The summed E-state index contributed by atoms with van der Waals surface area (Å²) >= 11 is 0. The molecule has 0 spiro atoms. The zero-order valence-corrected chi connectivity index (χ0v) is 16.4. The van der Waals surface area contributed by atoms with Crippen LogP contribution >= 0.6 is 0 Å². The Morgan fingerprint density at radius 1 is 1.03 bits per heavy atom. The SMILES string of the molecule is Cn1cc(-c2ccc(=N)n(/C=C/c3ccc(C#N)c(F)c3)n2)c(-c2ccc(F)cc2)n1. The number of nitrogens with zero attached hydrogens (tertiary/aromatic N) is 5. The molecule has 31 heavy (non-hydrogen) atoms. The first-order valence-corrected chi connectivity index (χ1v) is 9.27. The van der Waals surface area contributed by atoms with E-state index in [2.05, 4.69) is 10.2 Å². The van der Waals surface area contributed by atoms with Crippen LogP contribution in [0.1, 0.15) is 11.1 Å². The molecule has 0 aliphatic heterocycles. The van der Waals surface area contributed by atoms with Crippen LogP contribution in [-0.4, -0.2) is 19.6 Å². The standard InChI is InChI=1S/C23H16F2N6/c1-30-14-19(23(29-30)16-4-6-18(24)7-5-16)21-8-9-22(27)31(28-21)11-10-15-2-3-17(13-26)20(25)12-15/h2-12,14,27H,1H3/b11-10+,27-22?. The van der Waals surface area contributed by atoms with Crippen LogP contribution < -0.4 is 5.49 Å². The van der Waals surface area contributed by atoms with E-state index in [-0.39, 0.29) is 16.9 Å². The van der Waals surface area contributed by atoms with Gasteiger partial charge in [0.2, 0.25) is 0 Å². The van der Waals surface area contributed by atoms with Gasteiger partial charge in [0, 0.05) is 30.6 Å². The van der Waals surface area contributed by atoms with Gasteiger partial charge in [0.15, 0.2) is 0 Å². The molecule has 0 unspecified atom stereocenters. The van der Waals surface area contributed by atoms with Gasteiger partial charge in [-0.2, -0.15) is 15.5 Å². The topological polar surface area (TPSA) is 83.3 Å². The second kappa shape index (κ2) is 8.16. The summed E-state index contributed by atoms with van der Waals surface area (Å²) < 4.78 is 30.1. The number of benzene rings is 2. The third kappa shape index (κ3) is 4.16. The van der Waals surface area contributed by atoms with Gasteiger partial charge in [0.1, 0.15) is 28.9 Å². The highest BCUT2D eigenvalue weighted by molar-refractivity contribution is 5.78. The van der Waals surface area contributed by atoms with Crippen molar-refractivity contribution in [1.29, 1.82) is 10.7 Å².